The second-order valence-electron chi connectivity index (χ2n) is 2.78. The van der Waals surface area contributed by atoms with Crippen molar-refractivity contribution in [3.63, 3.8) is 0 Å². The molecule has 0 saturated heterocycles. The second kappa shape index (κ2) is 4.60. The van der Waals surface area contributed by atoms with E-state index < -0.39 is 0 Å². The van der Waals surface area contributed by atoms with Gasteiger partial charge in [0.2, 0.25) is 0 Å². The summed E-state index contributed by atoms with van der Waals surface area (Å²) >= 11 is 3.40. The minimum atomic E-state index is 0.0688. The van der Waals surface area contributed by atoms with E-state index in [9.17, 15) is 0 Å². The fourth-order valence-corrected chi connectivity index (χ4v) is 1.49. The first-order valence-corrected chi connectivity index (χ1v) is 4.61. The molecule has 0 heterocycles. The third kappa shape index (κ3) is 2.93. The highest BCUT2D eigenvalue weighted by atomic mass is 79.9. The van der Waals surface area contributed by atoms with Gasteiger partial charge in [-0.15, -0.1) is 0 Å². The molecule has 0 radical (unpaired) electrons. The lowest BCUT2D eigenvalue weighted by Gasteiger charge is -2.07. The first kappa shape index (κ1) is 9.71. The second-order valence-corrected chi connectivity index (χ2v) is 3.70. The maximum atomic E-state index is 5.05. The van der Waals surface area contributed by atoms with Gasteiger partial charge in [0.15, 0.2) is 0 Å². The van der Waals surface area contributed by atoms with Gasteiger partial charge in [0.1, 0.15) is 0 Å². The van der Waals surface area contributed by atoms with Crippen molar-refractivity contribution < 1.29 is 4.84 Å². The molecule has 66 valence electrons. The Labute approximate surface area is 80.8 Å². The van der Waals surface area contributed by atoms with Crippen molar-refractivity contribution in [2.24, 2.45) is 5.90 Å². The smallest absolute Gasteiger partial charge is 0.0799 e. The predicted molar refractivity (Wildman–Crippen MR) is 52.6 cm³/mol. The maximum Gasteiger partial charge on any atom is 0.0799 e. The van der Waals surface area contributed by atoms with Crippen molar-refractivity contribution in [3.8, 4) is 0 Å². The van der Waals surface area contributed by atoms with Gasteiger partial charge in [-0.1, -0.05) is 28.1 Å². The van der Waals surface area contributed by atoms with E-state index in [1.54, 1.807) is 0 Å². The fraction of sp³-hybridized carbons (Fsp3) is 0.333. The summed E-state index contributed by atoms with van der Waals surface area (Å²) in [6.45, 7) is 1.95. The molecule has 12 heavy (non-hydrogen) atoms. The molecular formula is C9H12BrNO. The van der Waals surface area contributed by atoms with Crippen LogP contribution in [0.4, 0.5) is 0 Å². The van der Waals surface area contributed by atoms with Gasteiger partial charge >= 0.3 is 0 Å². The van der Waals surface area contributed by atoms with Crippen molar-refractivity contribution in [3.05, 3.63) is 34.3 Å². The summed E-state index contributed by atoms with van der Waals surface area (Å²) in [4.78, 5) is 4.68. The molecule has 1 atom stereocenters. The monoisotopic (exact) mass is 229 g/mol. The summed E-state index contributed by atoms with van der Waals surface area (Å²) in [6.07, 6.45) is 0.912. The summed E-state index contributed by atoms with van der Waals surface area (Å²) in [7, 11) is 0. The largest absolute Gasteiger partial charge is 0.301 e. The van der Waals surface area contributed by atoms with Crippen molar-refractivity contribution in [1.29, 1.82) is 0 Å². The first-order chi connectivity index (χ1) is 5.72. The standard InChI is InChI=1S/C9H12BrNO/c1-7(12-11)5-8-3-2-4-9(10)6-8/h2-4,6-7H,5,11H2,1H3. The number of benzene rings is 1. The van der Waals surface area contributed by atoms with Gasteiger partial charge in [0.05, 0.1) is 6.10 Å². The molecule has 0 aliphatic carbocycles. The highest BCUT2D eigenvalue weighted by Gasteiger charge is 2.01. The summed E-state index contributed by atoms with van der Waals surface area (Å²) in [6, 6.07) is 8.12. The van der Waals surface area contributed by atoms with E-state index in [2.05, 4.69) is 32.9 Å². The third-order valence-electron chi connectivity index (χ3n) is 1.64. The molecule has 0 bridgehead atoms. The Kier molecular flexibility index (Phi) is 3.72. The van der Waals surface area contributed by atoms with Gasteiger partial charge in [-0.2, -0.15) is 0 Å². The fourth-order valence-electron chi connectivity index (χ4n) is 1.04. The van der Waals surface area contributed by atoms with Crippen LogP contribution >= 0.6 is 15.9 Å². The molecule has 0 aliphatic heterocycles. The molecule has 1 aromatic carbocycles. The van der Waals surface area contributed by atoms with Crippen molar-refractivity contribution in [1.82, 2.24) is 0 Å². The van der Waals surface area contributed by atoms with E-state index >= 15 is 0 Å². The quantitative estimate of drug-likeness (QED) is 0.808. The zero-order valence-electron chi connectivity index (χ0n) is 6.96. The van der Waals surface area contributed by atoms with E-state index in [1.807, 2.05) is 19.1 Å². The average Bonchev–Trinajstić information content (AvgIpc) is 2.04. The van der Waals surface area contributed by atoms with E-state index in [4.69, 9.17) is 5.90 Å². The summed E-state index contributed by atoms with van der Waals surface area (Å²) < 4.78 is 1.09. The van der Waals surface area contributed by atoms with Gasteiger partial charge in [-0.3, -0.25) is 0 Å². The van der Waals surface area contributed by atoms with Crippen molar-refractivity contribution in [2.75, 3.05) is 0 Å². The molecule has 2 nitrogen and oxygen atoms in total. The number of halogens is 1. The van der Waals surface area contributed by atoms with Crippen LogP contribution in [0.25, 0.3) is 0 Å². The Hall–Kier alpha value is -0.380. The molecule has 0 fully saturated rings. The summed E-state index contributed by atoms with van der Waals surface area (Å²) in [5, 5.41) is 0. The van der Waals surface area contributed by atoms with Gasteiger partial charge in [0, 0.05) is 10.9 Å². The zero-order valence-corrected chi connectivity index (χ0v) is 8.54. The van der Waals surface area contributed by atoms with E-state index in [1.165, 1.54) is 5.56 Å². The Morgan fingerprint density at radius 3 is 2.92 bits per heavy atom. The molecule has 0 aromatic heterocycles. The molecule has 0 saturated carbocycles. The molecule has 1 aromatic rings. The predicted octanol–water partition coefficient (Wildman–Crippen LogP) is 2.27. The van der Waals surface area contributed by atoms with Gasteiger partial charge < -0.3 is 4.84 Å². The van der Waals surface area contributed by atoms with E-state index in [0.717, 1.165) is 10.9 Å². The molecule has 2 N–H and O–H groups in total. The van der Waals surface area contributed by atoms with E-state index in [-0.39, 0.29) is 6.10 Å². The Bertz CT molecular complexity index is 252. The topological polar surface area (TPSA) is 35.2 Å². The van der Waals surface area contributed by atoms with Crippen molar-refractivity contribution >= 4 is 15.9 Å². The molecular weight excluding hydrogens is 218 g/mol. The molecule has 3 heteroatoms. The minimum absolute atomic E-state index is 0.0688. The Morgan fingerprint density at radius 2 is 2.33 bits per heavy atom. The Balaban J connectivity index is 2.63. The lowest BCUT2D eigenvalue weighted by molar-refractivity contribution is 0.0671. The third-order valence-corrected chi connectivity index (χ3v) is 2.14. The normalized spacial score (nSPS) is 12.9. The lowest BCUT2D eigenvalue weighted by Crippen LogP contribution is -2.15. The zero-order chi connectivity index (χ0) is 8.97. The Morgan fingerprint density at radius 1 is 1.58 bits per heavy atom. The van der Waals surface area contributed by atoms with Gasteiger partial charge in [0.25, 0.3) is 0 Å². The molecule has 0 amide bonds. The van der Waals surface area contributed by atoms with Crippen LogP contribution < -0.4 is 5.90 Å². The van der Waals surface area contributed by atoms with Crippen LogP contribution in [0.3, 0.4) is 0 Å². The summed E-state index contributed by atoms with van der Waals surface area (Å²) in [5.41, 5.74) is 1.22. The lowest BCUT2D eigenvalue weighted by atomic mass is 10.1. The van der Waals surface area contributed by atoms with Crippen LogP contribution in [0, 0.1) is 0 Å². The van der Waals surface area contributed by atoms with E-state index in [0.29, 0.717) is 0 Å². The van der Waals surface area contributed by atoms with Crippen LogP contribution in [-0.2, 0) is 11.3 Å². The number of nitrogens with two attached hydrogens (primary N) is 1. The molecule has 0 aliphatic rings. The van der Waals surface area contributed by atoms with Crippen LogP contribution in [-0.4, -0.2) is 6.10 Å². The van der Waals surface area contributed by atoms with Gasteiger partial charge in [-0.05, 0) is 24.6 Å². The average molecular weight is 230 g/mol. The highest BCUT2D eigenvalue weighted by Crippen LogP contribution is 2.13. The van der Waals surface area contributed by atoms with Crippen LogP contribution in [0.1, 0.15) is 12.5 Å². The highest BCUT2D eigenvalue weighted by molar-refractivity contribution is 9.10. The first-order valence-electron chi connectivity index (χ1n) is 3.82. The molecule has 1 unspecified atom stereocenters. The number of hydrogen-bond donors (Lipinski definition) is 1. The summed E-state index contributed by atoms with van der Waals surface area (Å²) in [5.74, 6) is 5.05. The molecule has 0 spiro atoms. The van der Waals surface area contributed by atoms with Crippen LogP contribution in [0.15, 0.2) is 28.7 Å². The SMILES string of the molecule is CC(Cc1cccc(Br)c1)ON. The molecule has 1 rings (SSSR count). The minimum Gasteiger partial charge on any atom is -0.301 e. The number of rotatable bonds is 3. The van der Waals surface area contributed by atoms with Gasteiger partial charge in [-0.25, -0.2) is 5.90 Å². The van der Waals surface area contributed by atoms with Crippen LogP contribution in [0.5, 0.6) is 0 Å². The maximum absolute atomic E-state index is 5.05. The number of hydrogen-bond acceptors (Lipinski definition) is 2. The van der Waals surface area contributed by atoms with Crippen molar-refractivity contribution in [2.45, 2.75) is 19.4 Å². The van der Waals surface area contributed by atoms with Crippen LogP contribution in [0.2, 0.25) is 0 Å².